The van der Waals surface area contributed by atoms with Gasteiger partial charge >= 0.3 is 42.6 Å². The van der Waals surface area contributed by atoms with Crippen LogP contribution in [0.1, 0.15) is 141 Å². The Balaban J connectivity index is 0. The molecule has 0 aromatic carbocycles. The highest BCUT2D eigenvalue weighted by Gasteiger charge is 2.79. The molecule has 0 aromatic rings. The molecule has 0 aromatic heterocycles. The van der Waals surface area contributed by atoms with Gasteiger partial charge < -0.3 is 24.4 Å². The van der Waals surface area contributed by atoms with Crippen molar-refractivity contribution in [2.75, 3.05) is 26.2 Å². The number of halogens is 12. The van der Waals surface area contributed by atoms with Crippen molar-refractivity contribution >= 4 is 17.9 Å². The highest BCUT2D eigenvalue weighted by atomic mass is 19.4. The molecule has 0 aliphatic carbocycles. The predicted octanol–water partition coefficient (Wildman–Crippen LogP) is 10.7. The van der Waals surface area contributed by atoms with Crippen molar-refractivity contribution in [3.63, 3.8) is 0 Å². The summed E-state index contributed by atoms with van der Waals surface area (Å²) in [7, 11) is 0. The standard InChI is InChI=1S/C15H24F6O3.C13H25NO2.C12H18F6O3/c1-6-12(4,5)11(22)24-10(7-9(2)3)8-13(23,14(16,17)18)15(19,20)21;1-4-13(2,3)12(15)16-11-10-14-8-6-5-7-9-14;1-6-8(2,3)7(19)21-9(4,5)10(20,11(13,14)15)12(16,17)18/h9-10,23H,6-8H2,1-5H3;4-11H2,1-3H3;20H,6H2,1-5H3. The molecule has 0 saturated carbocycles. The summed E-state index contributed by atoms with van der Waals surface area (Å²) < 4.78 is 168. The smallest absolute Gasteiger partial charge is 0.430 e. The third-order valence-electron chi connectivity index (χ3n) is 10.9. The largest absolute Gasteiger partial charge is 0.464 e. The summed E-state index contributed by atoms with van der Waals surface area (Å²) in [6.45, 7) is 22.3. The van der Waals surface area contributed by atoms with E-state index in [9.17, 15) is 77.3 Å². The van der Waals surface area contributed by atoms with Crippen LogP contribution in [0.5, 0.6) is 0 Å². The van der Waals surface area contributed by atoms with Gasteiger partial charge in [0.2, 0.25) is 0 Å². The van der Waals surface area contributed by atoms with E-state index in [1.165, 1.54) is 53.9 Å². The van der Waals surface area contributed by atoms with Crippen molar-refractivity contribution < 1.29 is 91.5 Å². The second-order valence-electron chi connectivity index (χ2n) is 18.1. The summed E-state index contributed by atoms with van der Waals surface area (Å²) in [6, 6.07) is 0. The summed E-state index contributed by atoms with van der Waals surface area (Å²) in [5.74, 6) is -2.56. The van der Waals surface area contributed by atoms with E-state index in [0.717, 1.165) is 26.1 Å². The highest BCUT2D eigenvalue weighted by Crippen LogP contribution is 2.51. The number of piperidine rings is 1. The summed E-state index contributed by atoms with van der Waals surface area (Å²) in [5, 5.41) is 18.6. The Bertz CT molecular complexity index is 1340. The normalized spacial score (nSPS) is 16.1. The molecule has 0 radical (unpaired) electrons. The zero-order chi connectivity index (χ0) is 49.1. The molecule has 9 nitrogen and oxygen atoms in total. The number of carbonyl (C=O) groups is 3. The fourth-order valence-electron chi connectivity index (χ4n) is 5.10. The van der Waals surface area contributed by atoms with Crippen LogP contribution in [-0.4, -0.2) is 107 Å². The maximum Gasteiger partial charge on any atom is 0.430 e. The first-order chi connectivity index (χ1) is 27.0. The van der Waals surface area contributed by atoms with Crippen LogP contribution in [0.2, 0.25) is 0 Å². The van der Waals surface area contributed by atoms with E-state index in [-0.39, 0.29) is 30.1 Å². The van der Waals surface area contributed by atoms with E-state index in [0.29, 0.717) is 26.9 Å². The van der Waals surface area contributed by atoms with Crippen LogP contribution in [0.4, 0.5) is 52.7 Å². The van der Waals surface area contributed by atoms with Gasteiger partial charge in [0.15, 0.2) is 5.60 Å². The minimum atomic E-state index is -6.06. The van der Waals surface area contributed by atoms with Crippen molar-refractivity contribution in [3.8, 4) is 0 Å². The van der Waals surface area contributed by atoms with Gasteiger partial charge in [-0.2, -0.15) is 52.7 Å². The number of hydrogen-bond acceptors (Lipinski definition) is 9. The maximum atomic E-state index is 12.8. The van der Waals surface area contributed by atoms with Crippen LogP contribution >= 0.6 is 0 Å². The lowest BCUT2D eigenvalue weighted by Crippen LogP contribution is -2.70. The number of ether oxygens (including phenoxy) is 3. The van der Waals surface area contributed by atoms with Gasteiger partial charge in [-0.15, -0.1) is 0 Å². The van der Waals surface area contributed by atoms with Gasteiger partial charge in [0.25, 0.3) is 11.2 Å². The van der Waals surface area contributed by atoms with Gasteiger partial charge in [-0.1, -0.05) is 41.0 Å². The number of likely N-dealkylation sites (tertiary alicyclic amines) is 1. The molecular weight excluding hydrogens is 850 g/mol. The topological polar surface area (TPSA) is 123 Å². The van der Waals surface area contributed by atoms with Gasteiger partial charge in [0.05, 0.1) is 16.2 Å². The van der Waals surface area contributed by atoms with Gasteiger partial charge in [-0.05, 0) is 113 Å². The summed E-state index contributed by atoms with van der Waals surface area (Å²) in [6.07, 6.45) is -22.6. The first kappa shape index (κ1) is 60.5. The quantitative estimate of drug-likeness (QED) is 0.0885. The molecule has 1 atom stereocenters. The van der Waals surface area contributed by atoms with Crippen LogP contribution in [0, 0.1) is 22.2 Å². The number of esters is 3. The van der Waals surface area contributed by atoms with Crippen LogP contribution in [0.15, 0.2) is 0 Å². The minimum Gasteiger partial charge on any atom is -0.464 e. The van der Waals surface area contributed by atoms with E-state index < -0.39 is 76.8 Å². The molecule has 0 spiro atoms. The average molecular weight is 918 g/mol. The van der Waals surface area contributed by atoms with Crippen LogP contribution in [-0.2, 0) is 28.6 Å². The minimum absolute atomic E-state index is 0.0630. The molecule has 0 bridgehead atoms. The Labute approximate surface area is 351 Å². The molecule has 1 aliphatic heterocycles. The van der Waals surface area contributed by atoms with Gasteiger partial charge in [0.1, 0.15) is 12.7 Å². The summed E-state index contributed by atoms with van der Waals surface area (Å²) >= 11 is 0. The second-order valence-corrected chi connectivity index (χ2v) is 18.1. The molecule has 1 saturated heterocycles. The lowest BCUT2D eigenvalue weighted by Gasteiger charge is -2.44. The number of rotatable bonds is 16. The Morgan fingerprint density at radius 1 is 0.590 bits per heavy atom. The molecule has 1 aliphatic rings. The Morgan fingerprint density at radius 2 is 0.967 bits per heavy atom. The van der Waals surface area contributed by atoms with Gasteiger partial charge in [-0.25, -0.2) is 0 Å². The Morgan fingerprint density at radius 3 is 1.31 bits per heavy atom. The molecule has 61 heavy (non-hydrogen) atoms. The van der Waals surface area contributed by atoms with Crippen LogP contribution in [0.25, 0.3) is 0 Å². The molecule has 2 N–H and O–H groups in total. The van der Waals surface area contributed by atoms with E-state index in [1.807, 2.05) is 20.8 Å². The fraction of sp³-hybridized carbons (Fsp3) is 0.925. The zero-order valence-electron chi connectivity index (χ0n) is 37.5. The molecule has 1 rings (SSSR count). The van der Waals surface area contributed by atoms with Gasteiger partial charge in [0, 0.05) is 13.0 Å². The third-order valence-corrected chi connectivity index (χ3v) is 10.9. The molecule has 1 heterocycles. The highest BCUT2D eigenvalue weighted by molar-refractivity contribution is 5.77. The number of aliphatic hydroxyl groups is 2. The van der Waals surface area contributed by atoms with E-state index in [4.69, 9.17) is 9.47 Å². The summed E-state index contributed by atoms with van der Waals surface area (Å²) in [4.78, 5) is 37.8. The predicted molar refractivity (Wildman–Crippen MR) is 202 cm³/mol. The molecule has 364 valence electrons. The molecule has 1 fully saturated rings. The van der Waals surface area contributed by atoms with Crippen molar-refractivity contribution in [1.29, 1.82) is 0 Å². The number of alkyl halides is 12. The molecule has 1 unspecified atom stereocenters. The lowest BCUT2D eigenvalue weighted by molar-refractivity contribution is -0.408. The molecule has 0 amide bonds. The molecular formula is C40H67F12NO8. The Kier molecular flexibility index (Phi) is 22.2. The van der Waals surface area contributed by atoms with Crippen LogP contribution in [0.3, 0.4) is 0 Å². The third kappa shape index (κ3) is 17.2. The molecule has 21 heteroatoms. The van der Waals surface area contributed by atoms with Crippen molar-refractivity contribution in [2.45, 2.75) is 189 Å². The van der Waals surface area contributed by atoms with Crippen molar-refractivity contribution in [1.82, 2.24) is 4.90 Å². The van der Waals surface area contributed by atoms with Crippen molar-refractivity contribution in [3.05, 3.63) is 0 Å². The zero-order valence-corrected chi connectivity index (χ0v) is 37.5. The van der Waals surface area contributed by atoms with Crippen LogP contribution < -0.4 is 0 Å². The first-order valence-electron chi connectivity index (χ1n) is 20.0. The SMILES string of the molecule is CCC(C)(C)C(=O)OC(C)(C)C(O)(C(F)(F)F)C(F)(F)F.CCC(C)(C)C(=O)OC(CC(C)C)CC(O)(C(F)(F)F)C(F)(F)F.CCC(C)(C)C(=O)OCCN1CCCCC1. The summed E-state index contributed by atoms with van der Waals surface area (Å²) in [5.41, 5.74) is -16.0. The van der Waals surface area contributed by atoms with E-state index >= 15 is 0 Å². The second kappa shape index (κ2) is 22.4. The van der Waals surface area contributed by atoms with Gasteiger partial charge in [-0.3, -0.25) is 19.3 Å². The fourth-order valence-corrected chi connectivity index (χ4v) is 5.10. The number of carbonyl (C=O) groups excluding carboxylic acids is 3. The Hall–Kier alpha value is -2.55. The van der Waals surface area contributed by atoms with Crippen molar-refractivity contribution in [2.24, 2.45) is 22.2 Å². The lowest BCUT2D eigenvalue weighted by atomic mass is 9.83. The monoisotopic (exact) mass is 917 g/mol. The number of hydrogen-bond donors (Lipinski definition) is 2. The van der Waals surface area contributed by atoms with E-state index in [1.54, 1.807) is 20.8 Å². The first-order valence-corrected chi connectivity index (χ1v) is 20.0. The maximum absolute atomic E-state index is 12.8. The van der Waals surface area contributed by atoms with E-state index in [2.05, 4.69) is 9.64 Å². The number of nitrogens with zero attached hydrogens (tertiary/aromatic N) is 1. The average Bonchev–Trinajstić information content (AvgIpc) is 3.09.